The molecule has 1 saturated carbocycles. The molecule has 1 aromatic carbocycles. The summed E-state index contributed by atoms with van der Waals surface area (Å²) in [6.45, 7) is 1.39. The maximum absolute atomic E-state index is 13.6. The van der Waals surface area contributed by atoms with E-state index in [4.69, 9.17) is 37.9 Å². The van der Waals surface area contributed by atoms with Gasteiger partial charge in [0.15, 0.2) is 5.65 Å². The molecule has 2 aliphatic rings. The zero-order valence-electron chi connectivity index (χ0n) is 16.9. The Morgan fingerprint density at radius 1 is 1.06 bits per heavy atom. The first-order valence-electron chi connectivity index (χ1n) is 10.6. The third-order valence-corrected chi connectivity index (χ3v) is 6.48. The van der Waals surface area contributed by atoms with Gasteiger partial charge in [-0.05, 0) is 31.4 Å². The van der Waals surface area contributed by atoms with Crippen molar-refractivity contribution in [3.63, 3.8) is 0 Å². The van der Waals surface area contributed by atoms with Gasteiger partial charge in [-0.2, -0.15) is 4.98 Å². The van der Waals surface area contributed by atoms with Gasteiger partial charge >= 0.3 is 0 Å². The fourth-order valence-electron chi connectivity index (χ4n) is 4.34. The van der Waals surface area contributed by atoms with Crippen molar-refractivity contribution in [1.82, 2.24) is 19.5 Å². The fraction of sp³-hybridized carbons (Fsp3) is 0.476. The minimum Gasteiger partial charge on any atom is -0.379 e. The van der Waals surface area contributed by atoms with Crippen molar-refractivity contribution in [2.75, 3.05) is 23.8 Å². The number of rotatable bonds is 5. The van der Waals surface area contributed by atoms with Crippen LogP contribution in [0.25, 0.3) is 11.2 Å². The lowest BCUT2D eigenvalue weighted by Gasteiger charge is -2.25. The Morgan fingerprint density at radius 3 is 2.55 bits per heavy atom. The van der Waals surface area contributed by atoms with Gasteiger partial charge in [0.1, 0.15) is 11.3 Å². The average Bonchev–Trinajstić information content (AvgIpc) is 3.38. The largest absolute Gasteiger partial charge is 0.379 e. The number of imidazole rings is 1. The third kappa shape index (κ3) is 4.29. The predicted octanol–water partition coefficient (Wildman–Crippen LogP) is 5.72. The van der Waals surface area contributed by atoms with Gasteiger partial charge in [-0.25, -0.2) is 14.4 Å². The summed E-state index contributed by atoms with van der Waals surface area (Å²) in [7, 11) is 0. The van der Waals surface area contributed by atoms with Crippen LogP contribution in [0.3, 0.4) is 0 Å². The molecular formula is C21H23Cl2FN6O. The molecule has 3 aromatic rings. The van der Waals surface area contributed by atoms with Crippen molar-refractivity contribution < 1.29 is 9.13 Å². The highest BCUT2D eigenvalue weighted by Crippen LogP contribution is 2.38. The number of anilines is 3. The van der Waals surface area contributed by atoms with Gasteiger partial charge in [0.25, 0.3) is 0 Å². The van der Waals surface area contributed by atoms with Gasteiger partial charge in [0.2, 0.25) is 11.9 Å². The summed E-state index contributed by atoms with van der Waals surface area (Å²) in [5.41, 5.74) is 1.85. The quantitative estimate of drug-likeness (QED) is 0.502. The van der Waals surface area contributed by atoms with E-state index in [2.05, 4.69) is 20.2 Å². The minimum atomic E-state index is -0.487. The molecule has 164 valence electrons. The van der Waals surface area contributed by atoms with Crippen LogP contribution in [-0.2, 0) is 4.74 Å². The van der Waals surface area contributed by atoms with E-state index in [1.54, 1.807) is 6.20 Å². The molecule has 2 fully saturated rings. The topological polar surface area (TPSA) is 76.9 Å². The zero-order chi connectivity index (χ0) is 21.4. The van der Waals surface area contributed by atoms with E-state index < -0.39 is 5.82 Å². The number of ether oxygens (including phenoxy) is 1. The first-order valence-corrected chi connectivity index (χ1v) is 11.3. The first-order chi connectivity index (χ1) is 15.1. The molecule has 2 N–H and O–H groups in total. The Hall–Kier alpha value is -2.16. The molecule has 1 saturated heterocycles. The Kier molecular flexibility index (Phi) is 5.86. The first kappa shape index (κ1) is 20.7. The summed E-state index contributed by atoms with van der Waals surface area (Å²) in [6, 6.07) is 2.92. The van der Waals surface area contributed by atoms with E-state index in [0.717, 1.165) is 44.4 Å². The van der Waals surface area contributed by atoms with E-state index in [1.807, 2.05) is 0 Å². The van der Waals surface area contributed by atoms with E-state index in [9.17, 15) is 4.39 Å². The molecule has 3 heterocycles. The van der Waals surface area contributed by atoms with Crippen LogP contribution in [-0.4, -0.2) is 38.8 Å². The Labute approximate surface area is 189 Å². The highest BCUT2D eigenvalue weighted by molar-refractivity contribution is 6.39. The minimum absolute atomic E-state index is 0.196. The molecule has 0 spiro atoms. The Morgan fingerprint density at radius 2 is 1.84 bits per heavy atom. The van der Waals surface area contributed by atoms with Gasteiger partial charge in [0.05, 0.1) is 34.6 Å². The van der Waals surface area contributed by atoms with E-state index in [0.29, 0.717) is 29.7 Å². The molecule has 0 unspecified atom stereocenters. The Balaban J connectivity index is 1.56. The van der Waals surface area contributed by atoms with Crippen LogP contribution in [0, 0.1) is 5.82 Å². The number of aromatic nitrogens is 4. The number of halogens is 3. The second-order valence-electron chi connectivity index (χ2n) is 8.07. The van der Waals surface area contributed by atoms with Gasteiger partial charge in [-0.1, -0.05) is 42.5 Å². The number of nitrogens with one attached hydrogen (secondary N) is 2. The van der Waals surface area contributed by atoms with Gasteiger partial charge in [0, 0.05) is 12.6 Å². The van der Waals surface area contributed by atoms with Crippen molar-refractivity contribution >= 4 is 51.9 Å². The molecule has 5 rings (SSSR count). The number of hydrogen-bond acceptors (Lipinski definition) is 6. The summed E-state index contributed by atoms with van der Waals surface area (Å²) in [5.74, 6) is 0.649. The van der Waals surface area contributed by atoms with Crippen LogP contribution >= 0.6 is 23.2 Å². The highest BCUT2D eigenvalue weighted by atomic mass is 35.5. The summed E-state index contributed by atoms with van der Waals surface area (Å²) in [6.07, 6.45) is 8.25. The standard InChI is InChI=1S/C21H23Cl2FN6O/c22-15-8-12(24)9-16(23)18(15)28-21-27-17-10-25-20(26-13-6-7-31-11-13)29-19(17)30(21)14-4-2-1-3-5-14/h8-10,13-14H,1-7,11H2,(H,27,28)(H,25,26,29)/t13-/m0/s1. The van der Waals surface area contributed by atoms with Crippen LogP contribution < -0.4 is 10.6 Å². The summed E-state index contributed by atoms with van der Waals surface area (Å²) >= 11 is 12.5. The smallest absolute Gasteiger partial charge is 0.225 e. The SMILES string of the molecule is Fc1cc(Cl)c(Nc2nc3cnc(N[C@H]4CCOC4)nc3n2C2CCCCC2)c(Cl)c1. The molecule has 1 aliphatic carbocycles. The van der Waals surface area contributed by atoms with E-state index in [-0.39, 0.29) is 22.1 Å². The van der Waals surface area contributed by atoms with Crippen molar-refractivity contribution in [1.29, 1.82) is 0 Å². The molecule has 0 bridgehead atoms. The van der Waals surface area contributed by atoms with Gasteiger partial charge in [-0.3, -0.25) is 4.57 Å². The van der Waals surface area contributed by atoms with Crippen LogP contribution in [0.5, 0.6) is 0 Å². The van der Waals surface area contributed by atoms with Gasteiger partial charge in [-0.15, -0.1) is 0 Å². The van der Waals surface area contributed by atoms with Crippen LogP contribution in [0.2, 0.25) is 10.0 Å². The highest BCUT2D eigenvalue weighted by Gasteiger charge is 2.25. The lowest BCUT2D eigenvalue weighted by atomic mass is 9.95. The van der Waals surface area contributed by atoms with Crippen molar-refractivity contribution in [3.8, 4) is 0 Å². The van der Waals surface area contributed by atoms with E-state index >= 15 is 0 Å². The number of hydrogen-bond donors (Lipinski definition) is 2. The average molecular weight is 465 g/mol. The third-order valence-electron chi connectivity index (χ3n) is 5.88. The summed E-state index contributed by atoms with van der Waals surface area (Å²) in [4.78, 5) is 14.0. The van der Waals surface area contributed by atoms with Crippen molar-refractivity contribution in [3.05, 3.63) is 34.2 Å². The molecule has 1 atom stereocenters. The van der Waals surface area contributed by atoms with E-state index in [1.165, 1.54) is 18.6 Å². The second kappa shape index (κ2) is 8.76. The molecule has 1 aliphatic heterocycles. The monoisotopic (exact) mass is 464 g/mol. The van der Waals surface area contributed by atoms with Gasteiger partial charge < -0.3 is 15.4 Å². The van der Waals surface area contributed by atoms with Crippen molar-refractivity contribution in [2.45, 2.75) is 50.6 Å². The number of benzene rings is 1. The molecule has 0 amide bonds. The lowest BCUT2D eigenvalue weighted by Crippen LogP contribution is -2.21. The maximum atomic E-state index is 13.6. The number of fused-ring (bicyclic) bond motifs is 1. The molecule has 2 aromatic heterocycles. The molecular weight excluding hydrogens is 442 g/mol. The maximum Gasteiger partial charge on any atom is 0.225 e. The predicted molar refractivity (Wildman–Crippen MR) is 120 cm³/mol. The lowest BCUT2D eigenvalue weighted by molar-refractivity contribution is 0.195. The normalized spacial score (nSPS) is 19.8. The van der Waals surface area contributed by atoms with Crippen LogP contribution in [0.4, 0.5) is 22.0 Å². The number of nitrogens with zero attached hydrogens (tertiary/aromatic N) is 4. The van der Waals surface area contributed by atoms with Crippen LogP contribution in [0.1, 0.15) is 44.6 Å². The molecule has 31 heavy (non-hydrogen) atoms. The zero-order valence-corrected chi connectivity index (χ0v) is 18.4. The van der Waals surface area contributed by atoms with Crippen molar-refractivity contribution in [2.24, 2.45) is 0 Å². The Bertz CT molecular complexity index is 1070. The summed E-state index contributed by atoms with van der Waals surface area (Å²) in [5, 5.41) is 6.98. The molecule has 10 heteroatoms. The second-order valence-corrected chi connectivity index (χ2v) is 8.89. The summed E-state index contributed by atoms with van der Waals surface area (Å²) < 4.78 is 21.2. The van der Waals surface area contributed by atoms with Crippen LogP contribution in [0.15, 0.2) is 18.3 Å². The molecule has 7 nitrogen and oxygen atoms in total. The molecule has 0 radical (unpaired) electrons. The fourth-order valence-corrected chi connectivity index (χ4v) is 4.89.